The van der Waals surface area contributed by atoms with Crippen molar-refractivity contribution in [1.82, 2.24) is 10.8 Å². The topological polar surface area (TPSA) is 171 Å². The number of amides is 1. The standard InChI is InChI=1S/C9H14N2O9/c12-3-5(8(17)20-11-2-7(15)16)4-19-9(18)10-1-6(13)14/h5,11-12H,1-4H2,(H,10,18)(H,13,14)(H,15,16). The van der Waals surface area contributed by atoms with Gasteiger partial charge < -0.3 is 30.2 Å². The number of rotatable bonds is 9. The molecule has 20 heavy (non-hydrogen) atoms. The van der Waals surface area contributed by atoms with Gasteiger partial charge in [0.25, 0.3) is 0 Å². The molecule has 0 spiro atoms. The molecule has 0 aliphatic carbocycles. The van der Waals surface area contributed by atoms with Gasteiger partial charge in [-0.15, -0.1) is 5.48 Å². The number of carboxylic acids is 2. The third kappa shape index (κ3) is 8.66. The molecule has 0 aromatic rings. The molecule has 0 aliphatic heterocycles. The minimum atomic E-state index is -1.28. The summed E-state index contributed by atoms with van der Waals surface area (Å²) in [5, 5.41) is 27.3. The zero-order valence-electron chi connectivity index (χ0n) is 10.2. The second-order valence-corrected chi connectivity index (χ2v) is 3.36. The average molecular weight is 294 g/mol. The van der Waals surface area contributed by atoms with E-state index < -0.39 is 56.2 Å². The number of hydrogen-bond acceptors (Lipinski definition) is 8. The summed E-state index contributed by atoms with van der Waals surface area (Å²) in [5.74, 6) is -4.80. The van der Waals surface area contributed by atoms with Gasteiger partial charge in [0.2, 0.25) is 0 Å². The maximum absolute atomic E-state index is 11.3. The van der Waals surface area contributed by atoms with Crippen molar-refractivity contribution in [3.05, 3.63) is 0 Å². The van der Waals surface area contributed by atoms with Gasteiger partial charge >= 0.3 is 24.0 Å². The lowest BCUT2D eigenvalue weighted by molar-refractivity contribution is -0.161. The Morgan fingerprint density at radius 2 is 1.65 bits per heavy atom. The van der Waals surface area contributed by atoms with Crippen molar-refractivity contribution in [1.29, 1.82) is 0 Å². The van der Waals surface area contributed by atoms with Crippen LogP contribution in [-0.4, -0.2) is 65.6 Å². The number of carbonyl (C=O) groups excluding carboxylic acids is 2. The van der Waals surface area contributed by atoms with Crippen LogP contribution in [0.2, 0.25) is 0 Å². The lowest BCUT2D eigenvalue weighted by Gasteiger charge is -2.13. The van der Waals surface area contributed by atoms with Gasteiger partial charge in [0, 0.05) is 0 Å². The summed E-state index contributed by atoms with van der Waals surface area (Å²) in [5.41, 5.74) is 1.83. The van der Waals surface area contributed by atoms with Crippen LogP contribution >= 0.6 is 0 Å². The van der Waals surface area contributed by atoms with Gasteiger partial charge in [-0.25, -0.2) is 9.59 Å². The number of nitrogens with one attached hydrogen (secondary N) is 2. The fourth-order valence-corrected chi connectivity index (χ4v) is 0.823. The van der Waals surface area contributed by atoms with Gasteiger partial charge in [0.1, 0.15) is 25.6 Å². The van der Waals surface area contributed by atoms with E-state index in [9.17, 15) is 19.2 Å². The van der Waals surface area contributed by atoms with E-state index in [-0.39, 0.29) is 0 Å². The molecule has 0 aliphatic rings. The van der Waals surface area contributed by atoms with Crippen LogP contribution in [0.25, 0.3) is 0 Å². The van der Waals surface area contributed by atoms with E-state index in [1.165, 1.54) is 0 Å². The van der Waals surface area contributed by atoms with Gasteiger partial charge in [0.15, 0.2) is 0 Å². The molecule has 11 nitrogen and oxygen atoms in total. The van der Waals surface area contributed by atoms with Gasteiger partial charge in [-0.1, -0.05) is 0 Å². The van der Waals surface area contributed by atoms with Crippen molar-refractivity contribution in [3.8, 4) is 0 Å². The van der Waals surface area contributed by atoms with Crippen LogP contribution in [0.3, 0.4) is 0 Å². The van der Waals surface area contributed by atoms with E-state index in [0.717, 1.165) is 0 Å². The number of carbonyl (C=O) groups is 4. The smallest absolute Gasteiger partial charge is 0.407 e. The van der Waals surface area contributed by atoms with Gasteiger partial charge in [0.05, 0.1) is 6.61 Å². The highest BCUT2D eigenvalue weighted by molar-refractivity contribution is 5.77. The Morgan fingerprint density at radius 1 is 1.05 bits per heavy atom. The molecule has 0 aromatic carbocycles. The van der Waals surface area contributed by atoms with Crippen LogP contribution in [0.15, 0.2) is 0 Å². The highest BCUT2D eigenvalue weighted by Crippen LogP contribution is 1.99. The molecule has 0 bridgehead atoms. The third-order valence-corrected chi connectivity index (χ3v) is 1.75. The van der Waals surface area contributed by atoms with Crippen molar-refractivity contribution in [2.24, 2.45) is 5.92 Å². The first-order valence-corrected chi connectivity index (χ1v) is 5.25. The van der Waals surface area contributed by atoms with Crippen molar-refractivity contribution in [2.45, 2.75) is 0 Å². The quantitative estimate of drug-likeness (QED) is 0.287. The van der Waals surface area contributed by atoms with Crippen LogP contribution in [0, 0.1) is 5.92 Å². The number of aliphatic hydroxyl groups excluding tert-OH is 1. The van der Waals surface area contributed by atoms with Crippen molar-refractivity contribution < 1.29 is 44.1 Å². The molecule has 114 valence electrons. The SMILES string of the molecule is O=C(O)CNOC(=O)C(CO)COC(=O)NCC(=O)O. The molecule has 0 heterocycles. The second kappa shape index (κ2) is 9.52. The summed E-state index contributed by atoms with van der Waals surface area (Å²) in [6, 6.07) is 0. The summed E-state index contributed by atoms with van der Waals surface area (Å²) in [6.07, 6.45) is -1.09. The van der Waals surface area contributed by atoms with Gasteiger partial charge in [-0.05, 0) is 0 Å². The number of aliphatic carboxylic acids is 2. The molecular weight excluding hydrogens is 280 g/mol. The molecule has 11 heteroatoms. The maximum atomic E-state index is 11.3. The van der Waals surface area contributed by atoms with E-state index in [1.807, 2.05) is 10.8 Å². The number of ether oxygens (including phenoxy) is 1. The number of hydroxylamine groups is 1. The number of alkyl carbamates (subject to hydrolysis) is 1. The van der Waals surface area contributed by atoms with Crippen LogP contribution < -0.4 is 10.8 Å². The molecule has 0 rings (SSSR count). The van der Waals surface area contributed by atoms with E-state index >= 15 is 0 Å². The molecule has 1 atom stereocenters. The fourth-order valence-electron chi connectivity index (χ4n) is 0.823. The normalized spacial score (nSPS) is 11.2. The lowest BCUT2D eigenvalue weighted by Crippen LogP contribution is -2.36. The molecule has 0 saturated carbocycles. The first-order chi connectivity index (χ1) is 9.36. The monoisotopic (exact) mass is 294 g/mol. The first kappa shape index (κ1) is 17.6. The molecule has 0 saturated heterocycles. The largest absolute Gasteiger partial charge is 0.480 e. The summed E-state index contributed by atoms with van der Waals surface area (Å²) >= 11 is 0. The van der Waals surface area contributed by atoms with Crippen LogP contribution in [0.1, 0.15) is 0 Å². The summed E-state index contributed by atoms with van der Waals surface area (Å²) < 4.78 is 4.48. The lowest BCUT2D eigenvalue weighted by atomic mass is 10.2. The van der Waals surface area contributed by atoms with E-state index in [1.54, 1.807) is 0 Å². The summed E-state index contributed by atoms with van der Waals surface area (Å²) in [6.45, 7) is -2.56. The van der Waals surface area contributed by atoms with E-state index in [2.05, 4.69) is 9.57 Å². The maximum Gasteiger partial charge on any atom is 0.407 e. The van der Waals surface area contributed by atoms with Crippen molar-refractivity contribution in [3.63, 3.8) is 0 Å². The number of carboxylic acid groups (broad SMARTS) is 2. The Labute approximate surface area is 112 Å². The molecule has 1 unspecified atom stereocenters. The average Bonchev–Trinajstić information content (AvgIpc) is 2.36. The molecule has 0 aromatic heterocycles. The zero-order chi connectivity index (χ0) is 15.5. The minimum absolute atomic E-state index is 0.560. The molecule has 0 fully saturated rings. The van der Waals surface area contributed by atoms with Gasteiger partial charge in [-0.3, -0.25) is 9.59 Å². The fraction of sp³-hybridized carbons (Fsp3) is 0.556. The van der Waals surface area contributed by atoms with E-state index in [4.69, 9.17) is 15.3 Å². The van der Waals surface area contributed by atoms with Crippen LogP contribution in [0.4, 0.5) is 4.79 Å². The highest BCUT2D eigenvalue weighted by atomic mass is 16.7. The van der Waals surface area contributed by atoms with Crippen LogP contribution in [0.5, 0.6) is 0 Å². The Bertz CT molecular complexity index is 370. The minimum Gasteiger partial charge on any atom is -0.480 e. The molecular formula is C9H14N2O9. The second-order valence-electron chi connectivity index (χ2n) is 3.36. The van der Waals surface area contributed by atoms with Crippen molar-refractivity contribution in [2.75, 3.05) is 26.3 Å². The number of hydrogen-bond donors (Lipinski definition) is 5. The highest BCUT2D eigenvalue weighted by Gasteiger charge is 2.22. The predicted molar refractivity (Wildman–Crippen MR) is 59.3 cm³/mol. The molecule has 0 radical (unpaired) electrons. The van der Waals surface area contributed by atoms with Crippen LogP contribution in [-0.2, 0) is 24.0 Å². The Hall–Kier alpha value is -2.40. The number of aliphatic hydroxyl groups is 1. The molecule has 1 amide bonds. The predicted octanol–water partition coefficient (Wildman–Crippen LogP) is -2.46. The molecule has 5 N–H and O–H groups in total. The zero-order valence-corrected chi connectivity index (χ0v) is 10.2. The summed E-state index contributed by atoms with van der Waals surface area (Å²) in [7, 11) is 0. The first-order valence-electron chi connectivity index (χ1n) is 5.25. The Balaban J connectivity index is 4.01. The van der Waals surface area contributed by atoms with Gasteiger partial charge in [-0.2, -0.15) is 0 Å². The summed E-state index contributed by atoms with van der Waals surface area (Å²) in [4.78, 5) is 46.8. The Morgan fingerprint density at radius 3 is 2.15 bits per heavy atom. The Kier molecular flexibility index (Phi) is 8.38. The van der Waals surface area contributed by atoms with Crippen molar-refractivity contribution >= 4 is 24.0 Å². The third-order valence-electron chi connectivity index (χ3n) is 1.75. The van der Waals surface area contributed by atoms with E-state index in [0.29, 0.717) is 0 Å².